The van der Waals surface area contributed by atoms with Crippen molar-refractivity contribution in [2.45, 2.75) is 27.3 Å². The van der Waals surface area contributed by atoms with E-state index in [4.69, 9.17) is 5.41 Å². The number of hydrogen-bond acceptors (Lipinski definition) is 2. The molecule has 0 spiro atoms. The van der Waals surface area contributed by atoms with Crippen LogP contribution in [0.25, 0.3) is 0 Å². The van der Waals surface area contributed by atoms with Crippen molar-refractivity contribution in [1.29, 1.82) is 5.41 Å². The van der Waals surface area contributed by atoms with Crippen molar-refractivity contribution in [1.82, 2.24) is 9.88 Å². The van der Waals surface area contributed by atoms with E-state index in [0.29, 0.717) is 5.84 Å². The van der Waals surface area contributed by atoms with E-state index in [2.05, 4.69) is 4.98 Å². The number of aryl methyl sites for hydroxylation is 1. The molecular weight excluding hydrogens is 174 g/mol. The van der Waals surface area contributed by atoms with Gasteiger partial charge in [0, 0.05) is 12.2 Å². The first-order chi connectivity index (χ1) is 6.63. The summed E-state index contributed by atoms with van der Waals surface area (Å²) in [5.41, 5.74) is 2.06. The van der Waals surface area contributed by atoms with Crippen LogP contribution in [0.5, 0.6) is 0 Å². The third kappa shape index (κ3) is 2.83. The van der Waals surface area contributed by atoms with Gasteiger partial charge in [0.2, 0.25) is 0 Å². The summed E-state index contributed by atoms with van der Waals surface area (Å²) in [6, 6.07) is 5.99. The molecule has 1 aromatic rings. The zero-order valence-electron chi connectivity index (χ0n) is 9.04. The van der Waals surface area contributed by atoms with Gasteiger partial charge in [0.25, 0.3) is 0 Å². The number of nitrogens with zero attached hydrogens (tertiary/aromatic N) is 2. The van der Waals surface area contributed by atoms with Crippen LogP contribution in [0.2, 0.25) is 0 Å². The molecule has 3 heteroatoms. The molecule has 0 saturated carbocycles. The maximum Gasteiger partial charge on any atom is 0.0929 e. The van der Waals surface area contributed by atoms with Crippen LogP contribution in [0.1, 0.15) is 25.2 Å². The molecule has 0 saturated heterocycles. The van der Waals surface area contributed by atoms with E-state index in [9.17, 15) is 0 Å². The van der Waals surface area contributed by atoms with Crippen LogP contribution in [0.3, 0.4) is 0 Å². The Kier molecular flexibility index (Phi) is 3.63. The second-order valence-electron chi connectivity index (χ2n) is 3.37. The van der Waals surface area contributed by atoms with Gasteiger partial charge >= 0.3 is 0 Å². The lowest BCUT2D eigenvalue weighted by molar-refractivity contribution is 0.424. The van der Waals surface area contributed by atoms with Crippen molar-refractivity contribution >= 4 is 5.84 Å². The molecule has 1 N–H and O–H groups in total. The normalized spacial score (nSPS) is 9.93. The van der Waals surface area contributed by atoms with Gasteiger partial charge in [0.15, 0.2) is 0 Å². The summed E-state index contributed by atoms with van der Waals surface area (Å²) in [4.78, 5) is 6.39. The van der Waals surface area contributed by atoms with Crippen molar-refractivity contribution in [2.75, 3.05) is 6.54 Å². The molecule has 1 rings (SSSR count). The summed E-state index contributed by atoms with van der Waals surface area (Å²) in [6.07, 6.45) is 0. The number of hydrogen-bond donors (Lipinski definition) is 1. The van der Waals surface area contributed by atoms with E-state index in [1.807, 2.05) is 36.9 Å². The smallest absolute Gasteiger partial charge is 0.0929 e. The largest absolute Gasteiger partial charge is 0.355 e. The second kappa shape index (κ2) is 4.74. The maximum atomic E-state index is 7.55. The highest BCUT2D eigenvalue weighted by atomic mass is 15.2. The summed E-state index contributed by atoms with van der Waals surface area (Å²) in [5, 5.41) is 7.55. The van der Waals surface area contributed by atoms with E-state index >= 15 is 0 Å². The molecule has 0 aliphatic heterocycles. The lowest BCUT2D eigenvalue weighted by atomic mass is 10.3. The minimum Gasteiger partial charge on any atom is -0.355 e. The first kappa shape index (κ1) is 10.7. The van der Waals surface area contributed by atoms with Crippen LogP contribution >= 0.6 is 0 Å². The molecule has 0 atom stereocenters. The van der Waals surface area contributed by atoms with Crippen molar-refractivity contribution in [2.24, 2.45) is 0 Å². The van der Waals surface area contributed by atoms with Gasteiger partial charge in [-0.2, -0.15) is 0 Å². The van der Waals surface area contributed by atoms with Gasteiger partial charge in [-0.05, 0) is 32.9 Å². The molecular formula is C11H17N3. The summed E-state index contributed by atoms with van der Waals surface area (Å²) >= 11 is 0. The van der Waals surface area contributed by atoms with Crippen molar-refractivity contribution in [3.05, 3.63) is 29.6 Å². The van der Waals surface area contributed by atoms with Gasteiger partial charge in [-0.3, -0.25) is 10.4 Å². The van der Waals surface area contributed by atoms with Crippen molar-refractivity contribution < 1.29 is 0 Å². The number of amidine groups is 1. The molecule has 1 heterocycles. The number of aromatic nitrogens is 1. The minimum absolute atomic E-state index is 0.593. The van der Waals surface area contributed by atoms with E-state index in [0.717, 1.165) is 24.5 Å². The van der Waals surface area contributed by atoms with Gasteiger partial charge in [-0.15, -0.1) is 0 Å². The Bertz CT molecular complexity index is 320. The predicted molar refractivity (Wildman–Crippen MR) is 58.5 cm³/mol. The number of nitrogens with one attached hydrogen (secondary N) is 1. The van der Waals surface area contributed by atoms with Crippen LogP contribution in [0, 0.1) is 12.3 Å². The van der Waals surface area contributed by atoms with Gasteiger partial charge < -0.3 is 4.90 Å². The fraction of sp³-hybridized carbons (Fsp3) is 0.455. The summed E-state index contributed by atoms with van der Waals surface area (Å²) in [6.45, 7) is 7.42. The van der Waals surface area contributed by atoms with E-state index < -0.39 is 0 Å². The Morgan fingerprint density at radius 3 is 2.71 bits per heavy atom. The Balaban J connectivity index is 2.72. The second-order valence-corrected chi connectivity index (χ2v) is 3.37. The number of rotatable bonds is 3. The fourth-order valence-corrected chi connectivity index (χ4v) is 1.35. The lowest BCUT2D eigenvalue weighted by Crippen LogP contribution is -2.27. The monoisotopic (exact) mass is 191 g/mol. The zero-order valence-corrected chi connectivity index (χ0v) is 9.04. The van der Waals surface area contributed by atoms with Gasteiger partial charge in [-0.1, -0.05) is 6.07 Å². The Morgan fingerprint density at radius 1 is 1.50 bits per heavy atom. The van der Waals surface area contributed by atoms with Crippen LogP contribution in [-0.4, -0.2) is 22.3 Å². The third-order valence-electron chi connectivity index (χ3n) is 2.15. The standard InChI is InChI=1S/C11H17N3/c1-4-14(10(3)12)8-11-7-5-6-9(2)13-11/h5-7,12H,4,8H2,1-3H3. The minimum atomic E-state index is 0.593. The molecule has 14 heavy (non-hydrogen) atoms. The van der Waals surface area contributed by atoms with Crippen LogP contribution < -0.4 is 0 Å². The van der Waals surface area contributed by atoms with Crippen molar-refractivity contribution in [3.63, 3.8) is 0 Å². The first-order valence-corrected chi connectivity index (χ1v) is 4.86. The lowest BCUT2D eigenvalue weighted by Gasteiger charge is -2.20. The van der Waals surface area contributed by atoms with E-state index in [-0.39, 0.29) is 0 Å². The molecule has 0 unspecified atom stereocenters. The quantitative estimate of drug-likeness (QED) is 0.587. The zero-order chi connectivity index (χ0) is 10.6. The van der Waals surface area contributed by atoms with Crippen molar-refractivity contribution in [3.8, 4) is 0 Å². The molecule has 0 aliphatic carbocycles. The third-order valence-corrected chi connectivity index (χ3v) is 2.15. The molecule has 0 radical (unpaired) electrons. The van der Waals surface area contributed by atoms with Gasteiger partial charge in [0.1, 0.15) is 0 Å². The first-order valence-electron chi connectivity index (χ1n) is 4.86. The topological polar surface area (TPSA) is 40.0 Å². The molecule has 1 aromatic heterocycles. The molecule has 0 amide bonds. The summed E-state index contributed by atoms with van der Waals surface area (Å²) in [5.74, 6) is 0.593. The summed E-state index contributed by atoms with van der Waals surface area (Å²) in [7, 11) is 0. The molecule has 0 aromatic carbocycles. The highest BCUT2D eigenvalue weighted by molar-refractivity contribution is 5.76. The van der Waals surface area contributed by atoms with Gasteiger partial charge in [0.05, 0.1) is 18.1 Å². The van der Waals surface area contributed by atoms with Crippen LogP contribution in [-0.2, 0) is 6.54 Å². The van der Waals surface area contributed by atoms with Crippen LogP contribution in [0.15, 0.2) is 18.2 Å². The molecule has 0 aliphatic rings. The SMILES string of the molecule is CCN(Cc1cccc(C)n1)C(C)=N. The highest BCUT2D eigenvalue weighted by Gasteiger charge is 2.04. The van der Waals surface area contributed by atoms with Gasteiger partial charge in [-0.25, -0.2) is 0 Å². The molecule has 0 bridgehead atoms. The fourth-order valence-electron chi connectivity index (χ4n) is 1.35. The van der Waals surface area contributed by atoms with E-state index in [1.165, 1.54) is 0 Å². The highest BCUT2D eigenvalue weighted by Crippen LogP contribution is 2.03. The maximum absolute atomic E-state index is 7.55. The molecule has 76 valence electrons. The average Bonchev–Trinajstić information content (AvgIpc) is 2.14. The number of pyridine rings is 1. The van der Waals surface area contributed by atoms with Crippen LogP contribution in [0.4, 0.5) is 0 Å². The Morgan fingerprint density at radius 2 is 2.21 bits per heavy atom. The molecule has 0 fully saturated rings. The summed E-state index contributed by atoms with van der Waals surface area (Å²) < 4.78 is 0. The molecule has 3 nitrogen and oxygen atoms in total. The predicted octanol–water partition coefficient (Wildman–Crippen LogP) is 2.21. The average molecular weight is 191 g/mol. The Hall–Kier alpha value is -1.38. The Labute approximate surface area is 85.3 Å². The van der Waals surface area contributed by atoms with E-state index in [1.54, 1.807) is 6.92 Å².